The molecule has 0 saturated heterocycles. The predicted octanol–water partition coefficient (Wildman–Crippen LogP) is 1.77. The largest absolute Gasteiger partial charge is 0.444 e. The van der Waals surface area contributed by atoms with Gasteiger partial charge in [0.05, 0.1) is 19.8 Å². The molecule has 0 aliphatic carbocycles. The molecule has 0 saturated carbocycles. The van der Waals surface area contributed by atoms with Crippen LogP contribution >= 0.6 is 0 Å². The summed E-state index contributed by atoms with van der Waals surface area (Å²) < 4.78 is 15.6. The Kier molecular flexibility index (Phi) is 8.73. The van der Waals surface area contributed by atoms with Gasteiger partial charge in [-0.15, -0.1) is 0 Å². The Bertz CT molecular complexity index is 540. The van der Waals surface area contributed by atoms with E-state index in [-0.39, 0.29) is 19.1 Å². The number of nitrogen functional groups attached to an aromatic ring is 1. The van der Waals surface area contributed by atoms with E-state index in [1.54, 1.807) is 45.0 Å². The number of alkyl carbamates (subject to hydrolysis) is 1. The zero-order chi connectivity index (χ0) is 18.7. The Morgan fingerprint density at radius 3 is 2.32 bits per heavy atom. The first-order chi connectivity index (χ1) is 11.8. The molecule has 2 amide bonds. The van der Waals surface area contributed by atoms with Crippen LogP contribution in [0.25, 0.3) is 0 Å². The average Bonchev–Trinajstić information content (AvgIpc) is 2.50. The number of nitrogens with two attached hydrogens (primary N) is 1. The molecule has 1 aromatic carbocycles. The lowest BCUT2D eigenvalue weighted by atomic mass is 10.2. The van der Waals surface area contributed by atoms with Gasteiger partial charge in [0.2, 0.25) is 5.91 Å². The third-order valence-electron chi connectivity index (χ3n) is 2.71. The highest BCUT2D eigenvalue weighted by Gasteiger charge is 2.15. The van der Waals surface area contributed by atoms with Crippen LogP contribution < -0.4 is 16.4 Å². The molecule has 8 heteroatoms. The Hall–Kier alpha value is -2.32. The van der Waals surface area contributed by atoms with Gasteiger partial charge < -0.3 is 30.6 Å². The number of hydrogen-bond donors (Lipinski definition) is 3. The van der Waals surface area contributed by atoms with Crippen LogP contribution in [0, 0.1) is 0 Å². The van der Waals surface area contributed by atoms with Crippen LogP contribution in [0.5, 0.6) is 0 Å². The van der Waals surface area contributed by atoms with Crippen molar-refractivity contribution in [3.05, 3.63) is 24.3 Å². The minimum Gasteiger partial charge on any atom is -0.444 e. The van der Waals surface area contributed by atoms with E-state index < -0.39 is 11.7 Å². The molecule has 25 heavy (non-hydrogen) atoms. The number of carbonyl (C=O) groups is 2. The van der Waals surface area contributed by atoms with Crippen LogP contribution in [-0.4, -0.2) is 50.6 Å². The van der Waals surface area contributed by atoms with Crippen LogP contribution in [0.1, 0.15) is 20.8 Å². The number of carbonyl (C=O) groups excluding carboxylic acids is 2. The van der Waals surface area contributed by atoms with Gasteiger partial charge in [-0.1, -0.05) is 0 Å². The number of benzene rings is 1. The fraction of sp³-hybridized carbons (Fsp3) is 0.529. The molecule has 0 fully saturated rings. The second-order valence-electron chi connectivity index (χ2n) is 6.26. The van der Waals surface area contributed by atoms with Crippen molar-refractivity contribution in [2.75, 3.05) is 44.0 Å². The molecule has 0 aliphatic rings. The third kappa shape index (κ3) is 11.0. The molecule has 1 aromatic rings. The van der Waals surface area contributed by atoms with E-state index in [4.69, 9.17) is 19.9 Å². The summed E-state index contributed by atoms with van der Waals surface area (Å²) in [4.78, 5) is 23.0. The van der Waals surface area contributed by atoms with Crippen molar-refractivity contribution in [1.29, 1.82) is 0 Å². The van der Waals surface area contributed by atoms with E-state index in [1.165, 1.54) is 0 Å². The first-order valence-corrected chi connectivity index (χ1v) is 8.04. The maximum absolute atomic E-state index is 11.7. The van der Waals surface area contributed by atoms with Crippen molar-refractivity contribution in [2.24, 2.45) is 0 Å². The normalized spacial score (nSPS) is 11.0. The van der Waals surface area contributed by atoms with Gasteiger partial charge in [-0.05, 0) is 45.0 Å². The topological polar surface area (TPSA) is 112 Å². The van der Waals surface area contributed by atoms with Crippen molar-refractivity contribution in [2.45, 2.75) is 26.4 Å². The van der Waals surface area contributed by atoms with E-state index in [2.05, 4.69) is 10.6 Å². The lowest BCUT2D eigenvalue weighted by Crippen LogP contribution is -2.34. The highest BCUT2D eigenvalue weighted by atomic mass is 16.6. The van der Waals surface area contributed by atoms with E-state index in [1.807, 2.05) is 0 Å². The molecular formula is C17H27N3O5. The number of rotatable bonds is 9. The Labute approximate surface area is 148 Å². The molecular weight excluding hydrogens is 326 g/mol. The molecule has 0 bridgehead atoms. The lowest BCUT2D eigenvalue weighted by molar-refractivity contribution is -0.121. The zero-order valence-corrected chi connectivity index (χ0v) is 15.0. The van der Waals surface area contributed by atoms with E-state index >= 15 is 0 Å². The van der Waals surface area contributed by atoms with E-state index in [0.717, 1.165) is 0 Å². The Morgan fingerprint density at radius 1 is 1.04 bits per heavy atom. The molecule has 1 rings (SSSR count). The van der Waals surface area contributed by atoms with Crippen molar-refractivity contribution < 1.29 is 23.8 Å². The minimum atomic E-state index is -0.522. The lowest BCUT2D eigenvalue weighted by Gasteiger charge is -2.19. The van der Waals surface area contributed by atoms with Crippen LogP contribution in [0.4, 0.5) is 16.2 Å². The monoisotopic (exact) mass is 353 g/mol. The van der Waals surface area contributed by atoms with Crippen LogP contribution in [0.2, 0.25) is 0 Å². The predicted molar refractivity (Wildman–Crippen MR) is 95.4 cm³/mol. The van der Waals surface area contributed by atoms with Gasteiger partial charge in [0, 0.05) is 17.9 Å². The standard InChI is InChI=1S/C17H27N3O5/c1-17(2,3)25-16(22)19-8-9-23-10-11-24-12-15(21)20-14-6-4-13(18)5-7-14/h4-7H,8-12,18H2,1-3H3,(H,19,22)(H,20,21). The Morgan fingerprint density at radius 2 is 1.68 bits per heavy atom. The van der Waals surface area contributed by atoms with Crippen LogP contribution in [-0.2, 0) is 19.0 Å². The fourth-order valence-corrected chi connectivity index (χ4v) is 1.69. The highest BCUT2D eigenvalue weighted by Crippen LogP contribution is 2.10. The molecule has 4 N–H and O–H groups in total. The number of hydrogen-bond acceptors (Lipinski definition) is 6. The quantitative estimate of drug-likeness (QED) is 0.461. The van der Waals surface area contributed by atoms with Crippen molar-refractivity contribution >= 4 is 23.4 Å². The summed E-state index contributed by atoms with van der Waals surface area (Å²) in [6.45, 7) is 6.60. The highest BCUT2D eigenvalue weighted by molar-refractivity contribution is 5.91. The molecule has 0 atom stereocenters. The number of amides is 2. The van der Waals surface area contributed by atoms with Crippen LogP contribution in [0.3, 0.4) is 0 Å². The second kappa shape index (κ2) is 10.5. The fourth-order valence-electron chi connectivity index (χ4n) is 1.69. The molecule has 0 spiro atoms. The summed E-state index contributed by atoms with van der Waals surface area (Å²) in [6, 6.07) is 6.84. The SMILES string of the molecule is CC(C)(C)OC(=O)NCCOCCOCC(=O)Nc1ccc(N)cc1. The van der Waals surface area contributed by atoms with E-state index in [0.29, 0.717) is 31.1 Å². The summed E-state index contributed by atoms with van der Waals surface area (Å²) >= 11 is 0. The second-order valence-corrected chi connectivity index (χ2v) is 6.26. The summed E-state index contributed by atoms with van der Waals surface area (Å²) in [7, 11) is 0. The summed E-state index contributed by atoms with van der Waals surface area (Å²) in [6.07, 6.45) is -0.480. The first-order valence-electron chi connectivity index (χ1n) is 8.04. The molecule has 0 aromatic heterocycles. The molecule has 140 valence electrons. The molecule has 0 radical (unpaired) electrons. The number of nitrogens with one attached hydrogen (secondary N) is 2. The van der Waals surface area contributed by atoms with Crippen molar-refractivity contribution in [3.8, 4) is 0 Å². The number of anilines is 2. The first kappa shape index (κ1) is 20.7. The summed E-state index contributed by atoms with van der Waals surface area (Å²) in [5.41, 5.74) is 6.34. The van der Waals surface area contributed by atoms with Crippen LogP contribution in [0.15, 0.2) is 24.3 Å². The average molecular weight is 353 g/mol. The molecule has 8 nitrogen and oxygen atoms in total. The van der Waals surface area contributed by atoms with Gasteiger partial charge in [0.25, 0.3) is 0 Å². The molecule has 0 aliphatic heterocycles. The van der Waals surface area contributed by atoms with Crippen molar-refractivity contribution in [3.63, 3.8) is 0 Å². The smallest absolute Gasteiger partial charge is 0.407 e. The Balaban J connectivity index is 1.98. The van der Waals surface area contributed by atoms with Gasteiger partial charge in [0.15, 0.2) is 0 Å². The molecule has 0 unspecified atom stereocenters. The summed E-state index contributed by atoms with van der Waals surface area (Å²) in [5, 5.41) is 5.27. The zero-order valence-electron chi connectivity index (χ0n) is 15.0. The maximum Gasteiger partial charge on any atom is 0.407 e. The third-order valence-corrected chi connectivity index (χ3v) is 2.71. The van der Waals surface area contributed by atoms with E-state index in [9.17, 15) is 9.59 Å². The van der Waals surface area contributed by atoms with Gasteiger partial charge in [0.1, 0.15) is 12.2 Å². The number of ether oxygens (including phenoxy) is 3. The van der Waals surface area contributed by atoms with Crippen molar-refractivity contribution in [1.82, 2.24) is 5.32 Å². The molecule has 0 heterocycles. The minimum absolute atomic E-state index is 0.0656. The van der Waals surface area contributed by atoms with Gasteiger partial charge in [-0.25, -0.2) is 4.79 Å². The maximum atomic E-state index is 11.7. The van der Waals surface area contributed by atoms with Gasteiger partial charge in [-0.2, -0.15) is 0 Å². The summed E-state index contributed by atoms with van der Waals surface area (Å²) in [5.74, 6) is -0.253. The van der Waals surface area contributed by atoms with Gasteiger partial charge >= 0.3 is 6.09 Å². The van der Waals surface area contributed by atoms with Gasteiger partial charge in [-0.3, -0.25) is 4.79 Å².